The quantitative estimate of drug-likeness (QED) is 0.740. The zero-order chi connectivity index (χ0) is 12.7. The zero-order valence-electron chi connectivity index (χ0n) is 12.1. The number of methoxy groups -OCH3 is 1. The topological polar surface area (TPSA) is 24.5 Å². The third kappa shape index (κ3) is 5.84. The third-order valence-corrected chi connectivity index (χ3v) is 3.92. The van der Waals surface area contributed by atoms with Crippen molar-refractivity contribution >= 4 is 0 Å². The van der Waals surface area contributed by atoms with E-state index in [1.165, 1.54) is 38.9 Å². The molecule has 0 amide bonds. The predicted molar refractivity (Wildman–Crippen MR) is 73.4 cm³/mol. The first-order chi connectivity index (χ1) is 8.07. The van der Waals surface area contributed by atoms with Gasteiger partial charge in [0.05, 0.1) is 6.61 Å². The Bertz CT molecular complexity index is 204. The van der Waals surface area contributed by atoms with E-state index in [1.54, 1.807) is 0 Å². The summed E-state index contributed by atoms with van der Waals surface area (Å²) >= 11 is 0. The van der Waals surface area contributed by atoms with Gasteiger partial charge in [-0.25, -0.2) is 0 Å². The summed E-state index contributed by atoms with van der Waals surface area (Å²) in [5.41, 5.74) is 0.279. The van der Waals surface area contributed by atoms with Crippen LogP contribution in [-0.2, 0) is 4.74 Å². The Balaban J connectivity index is 2.18. The molecule has 0 saturated carbocycles. The van der Waals surface area contributed by atoms with Crippen LogP contribution < -0.4 is 5.32 Å². The highest BCUT2D eigenvalue weighted by Gasteiger charge is 2.20. The second-order valence-corrected chi connectivity index (χ2v) is 5.93. The van der Waals surface area contributed by atoms with Crippen molar-refractivity contribution in [3.8, 4) is 0 Å². The van der Waals surface area contributed by atoms with E-state index in [0.29, 0.717) is 0 Å². The maximum Gasteiger partial charge on any atom is 0.0502 e. The molecule has 1 heterocycles. The van der Waals surface area contributed by atoms with Crippen molar-refractivity contribution in [2.45, 2.75) is 45.6 Å². The minimum atomic E-state index is 0.279. The highest BCUT2D eigenvalue weighted by molar-refractivity contribution is 4.78. The first-order valence-electron chi connectivity index (χ1n) is 7.03. The van der Waals surface area contributed by atoms with E-state index < -0.39 is 0 Å². The molecular weight excluding hydrogens is 212 g/mol. The molecule has 1 saturated heterocycles. The molecule has 3 heteroatoms. The Kier molecular flexibility index (Phi) is 6.45. The summed E-state index contributed by atoms with van der Waals surface area (Å²) in [5.74, 6) is 0.743. The van der Waals surface area contributed by atoms with E-state index in [-0.39, 0.29) is 5.54 Å². The second-order valence-electron chi connectivity index (χ2n) is 5.93. The molecule has 0 spiro atoms. The molecule has 1 aliphatic heterocycles. The van der Waals surface area contributed by atoms with E-state index >= 15 is 0 Å². The van der Waals surface area contributed by atoms with Gasteiger partial charge in [0.1, 0.15) is 0 Å². The van der Waals surface area contributed by atoms with Crippen LogP contribution in [0.3, 0.4) is 0 Å². The van der Waals surface area contributed by atoms with E-state index in [1.807, 2.05) is 7.11 Å². The van der Waals surface area contributed by atoms with Gasteiger partial charge < -0.3 is 15.0 Å². The lowest BCUT2D eigenvalue weighted by Gasteiger charge is -2.33. The number of hydrogen-bond acceptors (Lipinski definition) is 3. The molecule has 1 unspecified atom stereocenters. The summed E-state index contributed by atoms with van der Waals surface area (Å²) in [5, 5.41) is 3.63. The van der Waals surface area contributed by atoms with Gasteiger partial charge in [-0.05, 0) is 45.6 Å². The van der Waals surface area contributed by atoms with Gasteiger partial charge in [-0.15, -0.1) is 0 Å². The summed E-state index contributed by atoms with van der Waals surface area (Å²) in [6, 6.07) is 0. The monoisotopic (exact) mass is 242 g/mol. The minimum Gasteiger partial charge on any atom is -0.384 e. The first kappa shape index (κ1) is 14.9. The zero-order valence-corrected chi connectivity index (χ0v) is 12.1. The number of rotatable bonds is 7. The minimum absolute atomic E-state index is 0.279. The Morgan fingerprint density at radius 3 is 2.82 bits per heavy atom. The molecule has 0 bridgehead atoms. The molecule has 1 N–H and O–H groups in total. The SMILES string of the molecule is CCC(C)(C)NCCN1CCCC(COC)C1. The Morgan fingerprint density at radius 1 is 1.41 bits per heavy atom. The third-order valence-electron chi connectivity index (χ3n) is 3.92. The molecule has 3 nitrogen and oxygen atoms in total. The van der Waals surface area contributed by atoms with Crippen molar-refractivity contribution in [3.63, 3.8) is 0 Å². The summed E-state index contributed by atoms with van der Waals surface area (Å²) in [6.45, 7) is 12.4. The van der Waals surface area contributed by atoms with Crippen LogP contribution >= 0.6 is 0 Å². The number of nitrogens with zero attached hydrogens (tertiary/aromatic N) is 1. The molecule has 0 aliphatic carbocycles. The fourth-order valence-corrected chi connectivity index (χ4v) is 2.40. The van der Waals surface area contributed by atoms with E-state index in [2.05, 4.69) is 31.0 Å². The van der Waals surface area contributed by atoms with Crippen molar-refractivity contribution in [1.82, 2.24) is 10.2 Å². The smallest absolute Gasteiger partial charge is 0.0502 e. The van der Waals surface area contributed by atoms with Crippen molar-refractivity contribution in [2.24, 2.45) is 5.92 Å². The summed E-state index contributed by atoms with van der Waals surface area (Å²) in [6.07, 6.45) is 3.84. The van der Waals surface area contributed by atoms with Crippen molar-refractivity contribution in [3.05, 3.63) is 0 Å². The molecule has 1 atom stereocenters. The van der Waals surface area contributed by atoms with Crippen LogP contribution in [0.15, 0.2) is 0 Å². The van der Waals surface area contributed by atoms with Gasteiger partial charge in [0.25, 0.3) is 0 Å². The Morgan fingerprint density at radius 2 is 2.18 bits per heavy atom. The molecule has 1 rings (SSSR count). The molecule has 102 valence electrons. The van der Waals surface area contributed by atoms with Crippen LogP contribution in [0, 0.1) is 5.92 Å². The van der Waals surface area contributed by atoms with Crippen LogP contribution in [0.5, 0.6) is 0 Å². The molecule has 17 heavy (non-hydrogen) atoms. The Labute approximate surface area is 107 Å². The Hall–Kier alpha value is -0.120. The molecule has 1 aliphatic rings. The lowest BCUT2D eigenvalue weighted by molar-refractivity contribution is 0.0900. The number of likely N-dealkylation sites (tertiary alicyclic amines) is 1. The lowest BCUT2D eigenvalue weighted by atomic mass is 9.99. The highest BCUT2D eigenvalue weighted by Crippen LogP contribution is 2.16. The molecule has 1 fully saturated rings. The molecule has 0 radical (unpaired) electrons. The van der Waals surface area contributed by atoms with E-state index in [4.69, 9.17) is 4.74 Å². The number of hydrogen-bond donors (Lipinski definition) is 1. The van der Waals surface area contributed by atoms with Gasteiger partial charge in [0.15, 0.2) is 0 Å². The van der Waals surface area contributed by atoms with Gasteiger partial charge in [-0.1, -0.05) is 6.92 Å². The van der Waals surface area contributed by atoms with Crippen molar-refractivity contribution in [2.75, 3.05) is 39.9 Å². The van der Waals surface area contributed by atoms with Crippen LogP contribution in [0.2, 0.25) is 0 Å². The fraction of sp³-hybridized carbons (Fsp3) is 1.00. The van der Waals surface area contributed by atoms with Gasteiger partial charge in [-0.3, -0.25) is 0 Å². The largest absolute Gasteiger partial charge is 0.384 e. The summed E-state index contributed by atoms with van der Waals surface area (Å²) in [7, 11) is 1.81. The van der Waals surface area contributed by atoms with Gasteiger partial charge in [0.2, 0.25) is 0 Å². The average Bonchev–Trinajstić information content (AvgIpc) is 2.30. The number of nitrogens with one attached hydrogen (secondary N) is 1. The molecular formula is C14H30N2O. The normalized spacial score (nSPS) is 22.9. The van der Waals surface area contributed by atoms with Gasteiger partial charge >= 0.3 is 0 Å². The lowest BCUT2D eigenvalue weighted by Crippen LogP contribution is -2.45. The van der Waals surface area contributed by atoms with Gasteiger partial charge in [-0.2, -0.15) is 0 Å². The van der Waals surface area contributed by atoms with Crippen LogP contribution in [0.25, 0.3) is 0 Å². The van der Waals surface area contributed by atoms with E-state index in [0.717, 1.165) is 19.1 Å². The van der Waals surface area contributed by atoms with Crippen LogP contribution in [-0.4, -0.2) is 50.3 Å². The van der Waals surface area contributed by atoms with Crippen molar-refractivity contribution in [1.29, 1.82) is 0 Å². The van der Waals surface area contributed by atoms with Gasteiger partial charge in [0, 0.05) is 32.3 Å². The highest BCUT2D eigenvalue weighted by atomic mass is 16.5. The standard InChI is InChI=1S/C14H30N2O/c1-5-14(2,3)15-8-10-16-9-6-7-13(11-16)12-17-4/h13,15H,5-12H2,1-4H3. The van der Waals surface area contributed by atoms with Crippen molar-refractivity contribution < 1.29 is 4.74 Å². The maximum absolute atomic E-state index is 5.26. The molecule has 0 aromatic heterocycles. The summed E-state index contributed by atoms with van der Waals surface area (Å²) < 4.78 is 5.26. The molecule has 0 aromatic carbocycles. The second kappa shape index (κ2) is 7.34. The van der Waals surface area contributed by atoms with Crippen LogP contribution in [0.1, 0.15) is 40.0 Å². The summed E-state index contributed by atoms with van der Waals surface area (Å²) in [4.78, 5) is 2.58. The van der Waals surface area contributed by atoms with E-state index in [9.17, 15) is 0 Å². The number of ether oxygens (including phenoxy) is 1. The average molecular weight is 242 g/mol. The fourth-order valence-electron chi connectivity index (χ4n) is 2.40. The number of piperidine rings is 1. The first-order valence-corrected chi connectivity index (χ1v) is 7.03. The predicted octanol–water partition coefficient (Wildman–Crippen LogP) is 2.12. The van der Waals surface area contributed by atoms with Crippen LogP contribution in [0.4, 0.5) is 0 Å². The maximum atomic E-state index is 5.26. The molecule has 0 aromatic rings.